The van der Waals surface area contributed by atoms with Gasteiger partial charge in [0.05, 0.1) is 5.56 Å². The molecule has 2 aromatic rings. The van der Waals surface area contributed by atoms with E-state index >= 15 is 0 Å². The lowest BCUT2D eigenvalue weighted by Gasteiger charge is -2.20. The summed E-state index contributed by atoms with van der Waals surface area (Å²) in [7, 11) is 1.98. The Balaban J connectivity index is 2.24. The van der Waals surface area contributed by atoms with E-state index < -0.39 is 0 Å². The Morgan fingerprint density at radius 3 is 2.61 bits per heavy atom. The fourth-order valence-corrected chi connectivity index (χ4v) is 1.98. The van der Waals surface area contributed by atoms with Gasteiger partial charge >= 0.3 is 0 Å². The van der Waals surface area contributed by atoms with Crippen molar-refractivity contribution in [2.24, 2.45) is 5.73 Å². The minimum Gasteiger partial charge on any atom is -0.389 e. The Bertz CT molecular complexity index is 540. The molecule has 0 aliphatic rings. The smallest absolute Gasteiger partial charge is 0.138 e. The molecule has 0 atom stereocenters. The minimum atomic E-state index is 0.373. The number of nitrogens with two attached hydrogens (primary N) is 1. The number of benzene rings is 1. The summed E-state index contributed by atoms with van der Waals surface area (Å²) in [4.78, 5) is 6.77. The van der Waals surface area contributed by atoms with E-state index in [1.54, 1.807) is 6.20 Å². The molecule has 0 saturated heterocycles. The first kappa shape index (κ1) is 12.5. The van der Waals surface area contributed by atoms with Gasteiger partial charge in [0.1, 0.15) is 10.8 Å². The summed E-state index contributed by atoms with van der Waals surface area (Å²) < 4.78 is 0. The van der Waals surface area contributed by atoms with Gasteiger partial charge in [-0.3, -0.25) is 0 Å². The number of pyridine rings is 1. The lowest BCUT2D eigenvalue weighted by molar-refractivity contribution is 0.896. The average Bonchev–Trinajstić information content (AvgIpc) is 2.40. The molecule has 0 aliphatic heterocycles. The van der Waals surface area contributed by atoms with E-state index in [-0.39, 0.29) is 0 Å². The molecule has 2 N–H and O–H groups in total. The molecule has 18 heavy (non-hydrogen) atoms. The van der Waals surface area contributed by atoms with Crippen molar-refractivity contribution in [3.63, 3.8) is 0 Å². The van der Waals surface area contributed by atoms with Crippen LogP contribution in [0.4, 0.5) is 5.82 Å². The predicted molar refractivity (Wildman–Crippen MR) is 78.7 cm³/mol. The topological polar surface area (TPSA) is 42.2 Å². The first-order valence-corrected chi connectivity index (χ1v) is 6.09. The summed E-state index contributed by atoms with van der Waals surface area (Å²) >= 11 is 5.04. The first-order valence-electron chi connectivity index (χ1n) is 5.68. The van der Waals surface area contributed by atoms with Crippen molar-refractivity contribution in [3.05, 3.63) is 59.8 Å². The lowest BCUT2D eigenvalue weighted by atomic mass is 10.2. The summed E-state index contributed by atoms with van der Waals surface area (Å²) in [6.07, 6.45) is 1.75. The van der Waals surface area contributed by atoms with E-state index in [2.05, 4.69) is 17.1 Å². The van der Waals surface area contributed by atoms with Gasteiger partial charge in [0.25, 0.3) is 0 Å². The molecule has 3 nitrogen and oxygen atoms in total. The van der Waals surface area contributed by atoms with E-state index in [0.29, 0.717) is 4.99 Å². The third-order valence-corrected chi connectivity index (χ3v) is 2.90. The average molecular weight is 257 g/mol. The summed E-state index contributed by atoms with van der Waals surface area (Å²) in [5.41, 5.74) is 7.74. The van der Waals surface area contributed by atoms with Crippen LogP contribution in [0, 0.1) is 0 Å². The molecular formula is C14H15N3S. The van der Waals surface area contributed by atoms with Crippen molar-refractivity contribution >= 4 is 23.0 Å². The Hall–Kier alpha value is -1.94. The molecule has 0 amide bonds. The van der Waals surface area contributed by atoms with Crippen LogP contribution in [0.5, 0.6) is 0 Å². The zero-order valence-corrected chi connectivity index (χ0v) is 11.0. The first-order chi connectivity index (χ1) is 8.68. The molecule has 0 fully saturated rings. The van der Waals surface area contributed by atoms with Crippen LogP contribution in [-0.4, -0.2) is 17.0 Å². The van der Waals surface area contributed by atoms with Crippen molar-refractivity contribution in [1.82, 2.24) is 4.98 Å². The number of thiocarbonyl (C=S) groups is 1. The van der Waals surface area contributed by atoms with Crippen LogP contribution in [0.1, 0.15) is 11.1 Å². The van der Waals surface area contributed by atoms with Crippen molar-refractivity contribution in [2.75, 3.05) is 11.9 Å². The molecule has 0 radical (unpaired) electrons. The van der Waals surface area contributed by atoms with Crippen molar-refractivity contribution in [3.8, 4) is 0 Å². The van der Waals surface area contributed by atoms with Gasteiger partial charge in [-0.2, -0.15) is 0 Å². The Labute approximate surface area is 112 Å². The zero-order chi connectivity index (χ0) is 13.0. The second-order valence-corrected chi connectivity index (χ2v) is 4.52. The quantitative estimate of drug-likeness (QED) is 0.854. The molecule has 4 heteroatoms. The van der Waals surface area contributed by atoms with E-state index in [1.165, 1.54) is 5.56 Å². The largest absolute Gasteiger partial charge is 0.389 e. The van der Waals surface area contributed by atoms with Gasteiger partial charge in [-0.15, -0.1) is 0 Å². The van der Waals surface area contributed by atoms with E-state index in [4.69, 9.17) is 18.0 Å². The van der Waals surface area contributed by atoms with Gasteiger partial charge in [-0.05, 0) is 17.7 Å². The van der Waals surface area contributed by atoms with Crippen LogP contribution in [0.25, 0.3) is 0 Å². The normalized spacial score (nSPS) is 10.1. The SMILES string of the molecule is CN(Cc1ccccc1)c1ncccc1C(N)=S. The van der Waals surface area contributed by atoms with Crippen LogP contribution in [0.3, 0.4) is 0 Å². The summed E-state index contributed by atoms with van der Waals surface area (Å²) in [6, 6.07) is 14.0. The van der Waals surface area contributed by atoms with Crippen LogP contribution in [0.2, 0.25) is 0 Å². The van der Waals surface area contributed by atoms with Gasteiger partial charge in [0.15, 0.2) is 0 Å². The molecule has 92 valence electrons. The van der Waals surface area contributed by atoms with Crippen LogP contribution in [-0.2, 0) is 6.54 Å². The highest BCUT2D eigenvalue weighted by Crippen LogP contribution is 2.17. The molecule has 0 bridgehead atoms. The molecule has 1 aromatic heterocycles. The van der Waals surface area contributed by atoms with Gasteiger partial charge in [-0.25, -0.2) is 4.98 Å². The van der Waals surface area contributed by atoms with Gasteiger partial charge in [-0.1, -0.05) is 42.5 Å². The maximum absolute atomic E-state index is 5.71. The van der Waals surface area contributed by atoms with Crippen LogP contribution in [0.15, 0.2) is 48.7 Å². The molecule has 0 saturated carbocycles. The molecule has 0 unspecified atom stereocenters. The second-order valence-electron chi connectivity index (χ2n) is 4.08. The number of hydrogen-bond donors (Lipinski definition) is 1. The summed E-state index contributed by atoms with van der Waals surface area (Å²) in [6.45, 7) is 0.771. The fourth-order valence-electron chi connectivity index (χ4n) is 1.83. The van der Waals surface area contributed by atoms with Crippen molar-refractivity contribution < 1.29 is 0 Å². The minimum absolute atomic E-state index is 0.373. The van der Waals surface area contributed by atoms with E-state index in [9.17, 15) is 0 Å². The maximum Gasteiger partial charge on any atom is 0.138 e. The molecule has 0 aliphatic carbocycles. The highest BCUT2D eigenvalue weighted by Gasteiger charge is 2.10. The zero-order valence-electron chi connectivity index (χ0n) is 10.2. The monoisotopic (exact) mass is 257 g/mol. The molecule has 2 rings (SSSR count). The summed E-state index contributed by atoms with van der Waals surface area (Å²) in [5, 5.41) is 0. The van der Waals surface area contributed by atoms with Crippen LogP contribution < -0.4 is 10.6 Å². The maximum atomic E-state index is 5.71. The number of nitrogens with zero attached hydrogens (tertiary/aromatic N) is 2. The number of anilines is 1. The highest BCUT2D eigenvalue weighted by atomic mass is 32.1. The highest BCUT2D eigenvalue weighted by molar-refractivity contribution is 7.80. The van der Waals surface area contributed by atoms with Gasteiger partial charge in [0, 0.05) is 19.8 Å². The Morgan fingerprint density at radius 2 is 1.94 bits per heavy atom. The van der Waals surface area contributed by atoms with Crippen LogP contribution >= 0.6 is 12.2 Å². The standard InChI is InChI=1S/C14H15N3S/c1-17(10-11-6-3-2-4-7-11)14-12(13(15)18)8-5-9-16-14/h2-9H,10H2,1H3,(H2,15,18). The second kappa shape index (κ2) is 5.60. The van der Waals surface area contributed by atoms with Gasteiger partial charge < -0.3 is 10.6 Å². The molecule has 1 aromatic carbocycles. The van der Waals surface area contributed by atoms with E-state index in [0.717, 1.165) is 17.9 Å². The Morgan fingerprint density at radius 1 is 1.22 bits per heavy atom. The fraction of sp³-hybridized carbons (Fsp3) is 0.143. The lowest BCUT2D eigenvalue weighted by Crippen LogP contribution is -2.22. The third-order valence-electron chi connectivity index (χ3n) is 2.68. The molecule has 1 heterocycles. The predicted octanol–water partition coefficient (Wildman–Crippen LogP) is 2.35. The molecular weight excluding hydrogens is 242 g/mol. The third kappa shape index (κ3) is 2.84. The summed E-state index contributed by atoms with van der Waals surface area (Å²) in [5.74, 6) is 0.814. The van der Waals surface area contributed by atoms with Gasteiger partial charge in [0.2, 0.25) is 0 Å². The number of rotatable bonds is 4. The Kier molecular flexibility index (Phi) is 3.89. The number of aromatic nitrogens is 1. The number of hydrogen-bond acceptors (Lipinski definition) is 3. The van der Waals surface area contributed by atoms with Crippen molar-refractivity contribution in [1.29, 1.82) is 0 Å². The van der Waals surface area contributed by atoms with Crippen molar-refractivity contribution in [2.45, 2.75) is 6.54 Å². The van der Waals surface area contributed by atoms with E-state index in [1.807, 2.05) is 42.3 Å². The molecule has 0 spiro atoms.